The van der Waals surface area contributed by atoms with Gasteiger partial charge in [-0.2, -0.15) is 0 Å². The Labute approximate surface area is 106 Å². The number of benzene rings is 1. The molecule has 1 aromatic carbocycles. The monoisotopic (exact) mass is 247 g/mol. The number of rotatable bonds is 4. The number of urea groups is 1. The Morgan fingerprint density at radius 3 is 2.50 bits per heavy atom. The largest absolute Gasteiger partial charge is 0.329 e. The quantitative estimate of drug-likeness (QED) is 0.789. The number of hydrogen-bond donors (Lipinski definition) is 2. The van der Waals surface area contributed by atoms with Crippen LogP contribution in [-0.2, 0) is 11.3 Å². The first-order chi connectivity index (χ1) is 8.67. The first-order valence-electron chi connectivity index (χ1n) is 6.10. The smallest absolute Gasteiger partial charge is 0.326 e. The minimum atomic E-state index is -0.392. The van der Waals surface area contributed by atoms with Gasteiger partial charge in [-0.3, -0.25) is 4.79 Å². The van der Waals surface area contributed by atoms with Gasteiger partial charge in [-0.05, 0) is 24.1 Å². The average molecular weight is 247 g/mol. The number of nitrogens with one attached hydrogen (secondary N) is 1. The fourth-order valence-electron chi connectivity index (χ4n) is 2.04. The van der Waals surface area contributed by atoms with E-state index in [1.165, 1.54) is 4.90 Å². The summed E-state index contributed by atoms with van der Waals surface area (Å²) in [7, 11) is 0. The molecule has 2 rings (SSSR count). The van der Waals surface area contributed by atoms with Crippen molar-refractivity contribution in [3.63, 3.8) is 0 Å². The summed E-state index contributed by atoms with van der Waals surface area (Å²) in [4.78, 5) is 25.1. The van der Waals surface area contributed by atoms with Crippen molar-refractivity contribution < 1.29 is 9.59 Å². The number of carbonyl (C=O) groups is 2. The van der Waals surface area contributed by atoms with Crippen molar-refractivity contribution in [3.8, 4) is 0 Å². The van der Waals surface area contributed by atoms with E-state index in [1.807, 2.05) is 19.1 Å². The van der Waals surface area contributed by atoms with Crippen LogP contribution in [0.15, 0.2) is 24.3 Å². The van der Waals surface area contributed by atoms with Crippen LogP contribution < -0.4 is 16.0 Å². The molecule has 1 unspecified atom stereocenters. The highest BCUT2D eigenvalue weighted by atomic mass is 16.2. The molecule has 3 N–H and O–H groups in total. The lowest BCUT2D eigenvalue weighted by Crippen LogP contribution is -2.31. The number of amides is 3. The zero-order valence-corrected chi connectivity index (χ0v) is 10.3. The predicted octanol–water partition coefficient (Wildman–Crippen LogP) is 1.37. The topological polar surface area (TPSA) is 75.4 Å². The summed E-state index contributed by atoms with van der Waals surface area (Å²) in [5, 5.41) is 2.69. The first kappa shape index (κ1) is 12.6. The molecular formula is C13H17N3O2. The Morgan fingerprint density at radius 1 is 1.28 bits per heavy atom. The van der Waals surface area contributed by atoms with Gasteiger partial charge >= 0.3 is 6.03 Å². The lowest BCUT2D eigenvalue weighted by atomic mass is 10.1. The van der Waals surface area contributed by atoms with Crippen molar-refractivity contribution in [1.29, 1.82) is 0 Å². The van der Waals surface area contributed by atoms with Gasteiger partial charge in [-0.15, -0.1) is 0 Å². The highest BCUT2D eigenvalue weighted by molar-refractivity contribution is 6.21. The van der Waals surface area contributed by atoms with Crippen LogP contribution in [-0.4, -0.2) is 18.0 Å². The Morgan fingerprint density at radius 2 is 1.94 bits per heavy atom. The maximum Gasteiger partial charge on any atom is 0.329 e. The number of anilines is 1. The second kappa shape index (κ2) is 5.18. The molecule has 1 atom stereocenters. The molecule has 1 aliphatic rings. The Balaban J connectivity index is 2.21. The summed E-state index contributed by atoms with van der Waals surface area (Å²) in [5.74, 6) is -0.178. The molecule has 96 valence electrons. The lowest BCUT2D eigenvalue weighted by molar-refractivity contribution is -0.118. The third kappa shape index (κ3) is 2.22. The summed E-state index contributed by atoms with van der Waals surface area (Å²) >= 11 is 0. The normalized spacial score (nSPS) is 19.2. The van der Waals surface area contributed by atoms with Crippen LogP contribution >= 0.6 is 0 Å². The summed E-state index contributed by atoms with van der Waals surface area (Å²) in [6.07, 6.45) is 1.53. The molecule has 0 aliphatic carbocycles. The van der Waals surface area contributed by atoms with E-state index in [0.717, 1.165) is 12.0 Å². The van der Waals surface area contributed by atoms with Gasteiger partial charge in [0.05, 0.1) is 5.69 Å². The number of imide groups is 1. The predicted molar refractivity (Wildman–Crippen MR) is 69.0 cm³/mol. The average Bonchev–Trinajstić information content (AvgIpc) is 2.65. The van der Waals surface area contributed by atoms with Gasteiger partial charge in [-0.1, -0.05) is 25.5 Å². The minimum absolute atomic E-state index is 0.178. The van der Waals surface area contributed by atoms with Crippen molar-refractivity contribution in [1.82, 2.24) is 5.32 Å². The third-order valence-electron chi connectivity index (χ3n) is 3.03. The van der Waals surface area contributed by atoms with E-state index in [2.05, 4.69) is 5.32 Å². The van der Waals surface area contributed by atoms with Crippen molar-refractivity contribution in [2.45, 2.75) is 32.4 Å². The zero-order valence-electron chi connectivity index (χ0n) is 10.3. The maximum atomic E-state index is 12.1. The molecule has 3 amide bonds. The SMILES string of the molecule is CCCC1NC(=O)N(c2ccc(CN)cc2)C1=O. The molecular weight excluding hydrogens is 230 g/mol. The summed E-state index contributed by atoms with van der Waals surface area (Å²) < 4.78 is 0. The van der Waals surface area contributed by atoms with E-state index in [9.17, 15) is 9.59 Å². The van der Waals surface area contributed by atoms with E-state index in [4.69, 9.17) is 5.73 Å². The minimum Gasteiger partial charge on any atom is -0.326 e. The van der Waals surface area contributed by atoms with E-state index in [-0.39, 0.29) is 11.9 Å². The molecule has 1 heterocycles. The highest BCUT2D eigenvalue weighted by Gasteiger charge is 2.38. The molecule has 5 nitrogen and oxygen atoms in total. The molecule has 1 fully saturated rings. The van der Waals surface area contributed by atoms with Gasteiger partial charge in [0, 0.05) is 6.54 Å². The first-order valence-corrected chi connectivity index (χ1v) is 6.10. The summed E-state index contributed by atoms with van der Waals surface area (Å²) in [5.41, 5.74) is 7.07. The molecule has 5 heteroatoms. The van der Waals surface area contributed by atoms with Crippen LogP contribution in [0.25, 0.3) is 0 Å². The van der Waals surface area contributed by atoms with E-state index in [0.29, 0.717) is 18.7 Å². The molecule has 1 aromatic rings. The van der Waals surface area contributed by atoms with Crippen molar-refractivity contribution in [2.75, 3.05) is 4.90 Å². The van der Waals surface area contributed by atoms with E-state index >= 15 is 0 Å². The number of nitrogens with zero attached hydrogens (tertiary/aromatic N) is 1. The van der Waals surface area contributed by atoms with Gasteiger partial charge in [0.2, 0.25) is 0 Å². The molecule has 0 saturated carbocycles. The molecule has 0 bridgehead atoms. The molecule has 1 aliphatic heterocycles. The van der Waals surface area contributed by atoms with Crippen LogP contribution in [0.3, 0.4) is 0 Å². The zero-order chi connectivity index (χ0) is 13.1. The summed E-state index contributed by atoms with van der Waals surface area (Å²) in [6, 6.07) is 6.39. The van der Waals surface area contributed by atoms with Crippen molar-refractivity contribution in [2.24, 2.45) is 5.73 Å². The second-order valence-corrected chi connectivity index (χ2v) is 4.33. The second-order valence-electron chi connectivity index (χ2n) is 4.33. The fourth-order valence-corrected chi connectivity index (χ4v) is 2.04. The van der Waals surface area contributed by atoms with Crippen LogP contribution in [0, 0.1) is 0 Å². The van der Waals surface area contributed by atoms with E-state index < -0.39 is 6.04 Å². The molecule has 0 spiro atoms. The molecule has 1 saturated heterocycles. The van der Waals surface area contributed by atoms with Crippen LogP contribution in [0.2, 0.25) is 0 Å². The third-order valence-corrected chi connectivity index (χ3v) is 3.03. The molecule has 0 aromatic heterocycles. The van der Waals surface area contributed by atoms with Gasteiger partial charge in [-0.25, -0.2) is 9.69 Å². The van der Waals surface area contributed by atoms with E-state index in [1.54, 1.807) is 12.1 Å². The fraction of sp³-hybridized carbons (Fsp3) is 0.385. The van der Waals surface area contributed by atoms with Crippen LogP contribution in [0.4, 0.5) is 10.5 Å². The highest BCUT2D eigenvalue weighted by Crippen LogP contribution is 2.21. The summed E-state index contributed by atoms with van der Waals surface area (Å²) in [6.45, 7) is 2.43. The van der Waals surface area contributed by atoms with Gasteiger partial charge in [0.25, 0.3) is 5.91 Å². The number of carbonyl (C=O) groups excluding carboxylic acids is 2. The van der Waals surface area contributed by atoms with Crippen molar-refractivity contribution >= 4 is 17.6 Å². The Kier molecular flexibility index (Phi) is 3.62. The van der Waals surface area contributed by atoms with Gasteiger partial charge in [0.1, 0.15) is 6.04 Å². The molecule has 0 radical (unpaired) electrons. The lowest BCUT2D eigenvalue weighted by Gasteiger charge is -2.13. The van der Waals surface area contributed by atoms with Gasteiger partial charge < -0.3 is 11.1 Å². The van der Waals surface area contributed by atoms with Gasteiger partial charge in [0.15, 0.2) is 0 Å². The number of hydrogen-bond acceptors (Lipinski definition) is 3. The standard InChI is InChI=1S/C13H17N3O2/c1-2-3-11-12(17)16(13(18)15-11)10-6-4-9(8-14)5-7-10/h4-7,11H,2-3,8,14H2,1H3,(H,15,18). The Hall–Kier alpha value is -1.88. The number of nitrogens with two attached hydrogens (primary N) is 1. The molecule has 18 heavy (non-hydrogen) atoms. The van der Waals surface area contributed by atoms with Crippen molar-refractivity contribution in [3.05, 3.63) is 29.8 Å². The van der Waals surface area contributed by atoms with Crippen LogP contribution in [0.1, 0.15) is 25.3 Å². The maximum absolute atomic E-state index is 12.1. The van der Waals surface area contributed by atoms with Crippen LogP contribution in [0.5, 0.6) is 0 Å². The Bertz CT molecular complexity index is 456.